The second-order valence-corrected chi connectivity index (χ2v) is 6.60. The standard InChI is InChI=1S/C19H32N2/c1-3-14-21(15-4-2)19(16-20)12-10-18(11-13-19)17-8-6-5-7-9-17/h5-9,18H,3-4,10-16,20H2,1-2H3. The van der Waals surface area contributed by atoms with E-state index in [0.717, 1.165) is 12.5 Å². The van der Waals surface area contributed by atoms with Gasteiger partial charge in [0, 0.05) is 12.1 Å². The first-order valence-corrected chi connectivity index (χ1v) is 8.76. The molecule has 21 heavy (non-hydrogen) atoms. The molecule has 0 spiro atoms. The van der Waals surface area contributed by atoms with Crippen molar-refractivity contribution in [3.05, 3.63) is 35.9 Å². The van der Waals surface area contributed by atoms with Gasteiger partial charge in [0.2, 0.25) is 0 Å². The lowest BCUT2D eigenvalue weighted by Gasteiger charge is -2.48. The molecule has 2 heteroatoms. The molecular weight excluding hydrogens is 256 g/mol. The van der Waals surface area contributed by atoms with Crippen molar-refractivity contribution in [2.45, 2.75) is 63.8 Å². The largest absolute Gasteiger partial charge is 0.329 e. The van der Waals surface area contributed by atoms with E-state index in [2.05, 4.69) is 49.1 Å². The highest BCUT2D eigenvalue weighted by molar-refractivity contribution is 5.20. The van der Waals surface area contributed by atoms with E-state index in [1.165, 1.54) is 57.2 Å². The summed E-state index contributed by atoms with van der Waals surface area (Å²) in [5.74, 6) is 0.732. The molecule has 118 valence electrons. The molecule has 2 nitrogen and oxygen atoms in total. The maximum Gasteiger partial charge on any atom is 0.0332 e. The van der Waals surface area contributed by atoms with E-state index in [1.807, 2.05) is 0 Å². The van der Waals surface area contributed by atoms with Gasteiger partial charge in [0.25, 0.3) is 0 Å². The predicted molar refractivity (Wildman–Crippen MR) is 91.6 cm³/mol. The van der Waals surface area contributed by atoms with Gasteiger partial charge in [0.1, 0.15) is 0 Å². The van der Waals surface area contributed by atoms with Crippen LogP contribution >= 0.6 is 0 Å². The Morgan fingerprint density at radius 1 is 1.05 bits per heavy atom. The Balaban J connectivity index is 2.04. The van der Waals surface area contributed by atoms with E-state index in [1.54, 1.807) is 0 Å². The lowest BCUT2D eigenvalue weighted by molar-refractivity contribution is 0.0514. The normalized spacial score (nSPS) is 26.2. The number of nitrogens with two attached hydrogens (primary N) is 1. The molecular formula is C19H32N2. The molecule has 0 radical (unpaired) electrons. The van der Waals surface area contributed by atoms with Gasteiger partial charge >= 0.3 is 0 Å². The summed E-state index contributed by atoms with van der Waals surface area (Å²) >= 11 is 0. The SMILES string of the molecule is CCCN(CCC)C1(CN)CCC(c2ccccc2)CC1. The average molecular weight is 288 g/mol. The number of nitrogens with zero attached hydrogens (tertiary/aromatic N) is 1. The molecule has 0 aliphatic heterocycles. The van der Waals surface area contributed by atoms with Crippen molar-refractivity contribution < 1.29 is 0 Å². The van der Waals surface area contributed by atoms with Crippen LogP contribution in [0.1, 0.15) is 63.9 Å². The van der Waals surface area contributed by atoms with E-state index in [9.17, 15) is 0 Å². The summed E-state index contributed by atoms with van der Waals surface area (Å²) in [7, 11) is 0. The molecule has 1 aromatic rings. The number of rotatable bonds is 7. The molecule has 0 aromatic heterocycles. The molecule has 0 bridgehead atoms. The minimum Gasteiger partial charge on any atom is -0.329 e. The monoisotopic (exact) mass is 288 g/mol. The highest BCUT2D eigenvalue weighted by atomic mass is 15.2. The summed E-state index contributed by atoms with van der Waals surface area (Å²) in [6.45, 7) is 7.77. The molecule has 0 atom stereocenters. The van der Waals surface area contributed by atoms with Crippen LogP contribution in [0.2, 0.25) is 0 Å². The molecule has 1 aromatic carbocycles. The molecule has 1 fully saturated rings. The topological polar surface area (TPSA) is 29.3 Å². The van der Waals surface area contributed by atoms with Gasteiger partial charge in [-0.2, -0.15) is 0 Å². The van der Waals surface area contributed by atoms with Crippen molar-refractivity contribution in [2.24, 2.45) is 5.73 Å². The third-order valence-corrected chi connectivity index (χ3v) is 5.23. The van der Waals surface area contributed by atoms with E-state index in [-0.39, 0.29) is 5.54 Å². The van der Waals surface area contributed by atoms with Crippen molar-refractivity contribution in [2.75, 3.05) is 19.6 Å². The third kappa shape index (κ3) is 3.87. The molecule has 0 heterocycles. The van der Waals surface area contributed by atoms with Crippen LogP contribution < -0.4 is 5.73 Å². The van der Waals surface area contributed by atoms with E-state index in [0.29, 0.717) is 0 Å². The van der Waals surface area contributed by atoms with Gasteiger partial charge in [0.05, 0.1) is 0 Å². The van der Waals surface area contributed by atoms with Crippen molar-refractivity contribution in [3.8, 4) is 0 Å². The second-order valence-electron chi connectivity index (χ2n) is 6.60. The van der Waals surface area contributed by atoms with E-state index < -0.39 is 0 Å². The number of benzene rings is 1. The van der Waals surface area contributed by atoms with Gasteiger partial charge in [-0.25, -0.2) is 0 Å². The van der Waals surface area contributed by atoms with Crippen LogP contribution in [0, 0.1) is 0 Å². The Labute approximate surface area is 130 Å². The number of hydrogen-bond donors (Lipinski definition) is 1. The zero-order valence-corrected chi connectivity index (χ0v) is 13.9. The Hall–Kier alpha value is -0.860. The van der Waals surface area contributed by atoms with Crippen molar-refractivity contribution >= 4 is 0 Å². The highest BCUT2D eigenvalue weighted by Gasteiger charge is 2.38. The minimum atomic E-state index is 0.261. The molecule has 0 amide bonds. The van der Waals surface area contributed by atoms with Gasteiger partial charge in [-0.15, -0.1) is 0 Å². The lowest BCUT2D eigenvalue weighted by atomic mass is 9.73. The fraction of sp³-hybridized carbons (Fsp3) is 0.684. The molecule has 2 rings (SSSR count). The van der Waals surface area contributed by atoms with Gasteiger partial charge in [-0.1, -0.05) is 44.2 Å². The van der Waals surface area contributed by atoms with Crippen LogP contribution in [-0.4, -0.2) is 30.1 Å². The van der Waals surface area contributed by atoms with Crippen LogP contribution in [0.4, 0.5) is 0 Å². The Bertz CT molecular complexity index is 387. The maximum absolute atomic E-state index is 6.24. The Morgan fingerprint density at radius 2 is 1.62 bits per heavy atom. The minimum absolute atomic E-state index is 0.261. The smallest absolute Gasteiger partial charge is 0.0332 e. The number of hydrogen-bond acceptors (Lipinski definition) is 2. The third-order valence-electron chi connectivity index (χ3n) is 5.23. The summed E-state index contributed by atoms with van der Waals surface area (Å²) in [4.78, 5) is 2.69. The zero-order chi connectivity index (χ0) is 15.1. The highest BCUT2D eigenvalue weighted by Crippen LogP contribution is 2.40. The van der Waals surface area contributed by atoms with Gasteiger partial charge in [-0.3, -0.25) is 4.90 Å². The van der Waals surface area contributed by atoms with Crippen molar-refractivity contribution in [1.82, 2.24) is 4.90 Å². The van der Waals surface area contributed by atoms with Crippen LogP contribution in [-0.2, 0) is 0 Å². The quantitative estimate of drug-likeness (QED) is 0.816. The molecule has 1 aliphatic carbocycles. The van der Waals surface area contributed by atoms with Crippen LogP contribution in [0.5, 0.6) is 0 Å². The summed E-state index contributed by atoms with van der Waals surface area (Å²) in [5.41, 5.74) is 8.02. The Kier molecular flexibility index (Phi) is 6.25. The van der Waals surface area contributed by atoms with Gasteiger partial charge in [-0.05, 0) is 63.1 Å². The molecule has 0 saturated heterocycles. The molecule has 1 aliphatic rings. The zero-order valence-electron chi connectivity index (χ0n) is 13.9. The van der Waals surface area contributed by atoms with Crippen LogP contribution in [0.15, 0.2) is 30.3 Å². The first kappa shape index (κ1) is 16.5. The fourth-order valence-corrected chi connectivity index (χ4v) is 3.99. The van der Waals surface area contributed by atoms with E-state index in [4.69, 9.17) is 5.73 Å². The average Bonchev–Trinajstić information content (AvgIpc) is 2.55. The summed E-state index contributed by atoms with van der Waals surface area (Å²) in [5, 5.41) is 0. The Morgan fingerprint density at radius 3 is 2.10 bits per heavy atom. The van der Waals surface area contributed by atoms with Crippen molar-refractivity contribution in [1.29, 1.82) is 0 Å². The summed E-state index contributed by atoms with van der Waals surface area (Å²) < 4.78 is 0. The summed E-state index contributed by atoms with van der Waals surface area (Å²) in [6.07, 6.45) is 7.52. The molecule has 1 saturated carbocycles. The fourth-order valence-electron chi connectivity index (χ4n) is 3.99. The first-order valence-electron chi connectivity index (χ1n) is 8.76. The molecule has 2 N–H and O–H groups in total. The maximum atomic E-state index is 6.24. The molecule has 0 unspecified atom stereocenters. The summed E-state index contributed by atoms with van der Waals surface area (Å²) in [6, 6.07) is 11.0. The predicted octanol–water partition coefficient (Wildman–Crippen LogP) is 4.16. The second kappa shape index (κ2) is 7.95. The van der Waals surface area contributed by atoms with E-state index >= 15 is 0 Å². The van der Waals surface area contributed by atoms with Crippen LogP contribution in [0.3, 0.4) is 0 Å². The van der Waals surface area contributed by atoms with Crippen LogP contribution in [0.25, 0.3) is 0 Å². The van der Waals surface area contributed by atoms with Gasteiger partial charge in [0.15, 0.2) is 0 Å². The lowest BCUT2D eigenvalue weighted by Crippen LogP contribution is -2.56. The van der Waals surface area contributed by atoms with Gasteiger partial charge < -0.3 is 5.73 Å². The first-order chi connectivity index (χ1) is 10.3. The van der Waals surface area contributed by atoms with Crippen molar-refractivity contribution in [3.63, 3.8) is 0 Å².